The molecule has 0 aliphatic carbocycles. The lowest BCUT2D eigenvalue weighted by molar-refractivity contribution is -0.145. The van der Waals surface area contributed by atoms with Gasteiger partial charge in [-0.05, 0) is 43.8 Å². The number of halogens is 2. The molecule has 6 heteroatoms. The standard InChI is InChI=1S/C12H14Br2N2O2/c1-7(12(17)18)8-4-16(5-8)6-11-10(14)2-9(13)3-15-11/h2-3,7-8H,4-6H2,1H3,(H,17,18). The summed E-state index contributed by atoms with van der Waals surface area (Å²) in [7, 11) is 0. The Hall–Kier alpha value is -0.460. The van der Waals surface area contributed by atoms with Gasteiger partial charge < -0.3 is 5.11 Å². The third-order valence-electron chi connectivity index (χ3n) is 3.34. The predicted molar refractivity (Wildman–Crippen MR) is 75.2 cm³/mol. The number of carboxylic acid groups (broad SMARTS) is 1. The fraction of sp³-hybridized carbons (Fsp3) is 0.500. The van der Waals surface area contributed by atoms with E-state index in [1.807, 2.05) is 6.07 Å². The fourth-order valence-electron chi connectivity index (χ4n) is 2.03. The molecule has 0 bridgehead atoms. The smallest absolute Gasteiger partial charge is 0.306 e. The Balaban J connectivity index is 1.88. The van der Waals surface area contributed by atoms with Gasteiger partial charge in [0, 0.05) is 34.8 Å². The molecule has 0 spiro atoms. The molecule has 0 radical (unpaired) electrons. The van der Waals surface area contributed by atoms with Gasteiger partial charge in [0.25, 0.3) is 0 Å². The number of hydrogen-bond donors (Lipinski definition) is 1. The fourth-order valence-corrected chi connectivity index (χ4v) is 3.14. The van der Waals surface area contributed by atoms with Gasteiger partial charge in [0.15, 0.2) is 0 Å². The zero-order chi connectivity index (χ0) is 13.3. The van der Waals surface area contributed by atoms with Crippen LogP contribution in [0.4, 0.5) is 0 Å². The molecule has 1 unspecified atom stereocenters. The number of aromatic nitrogens is 1. The zero-order valence-electron chi connectivity index (χ0n) is 9.94. The van der Waals surface area contributed by atoms with Crippen LogP contribution in [0, 0.1) is 11.8 Å². The van der Waals surface area contributed by atoms with Gasteiger partial charge in [0.1, 0.15) is 0 Å². The van der Waals surface area contributed by atoms with E-state index in [1.54, 1.807) is 13.1 Å². The van der Waals surface area contributed by atoms with Crippen molar-refractivity contribution in [3.8, 4) is 0 Å². The Morgan fingerprint density at radius 1 is 1.61 bits per heavy atom. The van der Waals surface area contributed by atoms with Crippen molar-refractivity contribution in [3.05, 3.63) is 26.9 Å². The average molecular weight is 378 g/mol. The summed E-state index contributed by atoms with van der Waals surface area (Å²) in [5, 5.41) is 8.92. The molecule has 0 saturated carbocycles. The lowest BCUT2D eigenvalue weighted by atomic mass is 9.87. The Labute approximate surface area is 123 Å². The number of aliphatic carboxylic acids is 1. The molecule has 1 aromatic rings. The number of carboxylic acids is 1. The third kappa shape index (κ3) is 3.10. The summed E-state index contributed by atoms with van der Waals surface area (Å²) in [6.07, 6.45) is 1.78. The van der Waals surface area contributed by atoms with E-state index >= 15 is 0 Å². The molecule has 2 heterocycles. The van der Waals surface area contributed by atoms with Crippen LogP contribution in [0.25, 0.3) is 0 Å². The second-order valence-corrected chi connectivity index (χ2v) is 6.43. The molecule has 0 amide bonds. The van der Waals surface area contributed by atoms with Gasteiger partial charge in [-0.2, -0.15) is 0 Å². The molecule has 1 aromatic heterocycles. The van der Waals surface area contributed by atoms with Crippen LogP contribution in [0.1, 0.15) is 12.6 Å². The van der Waals surface area contributed by atoms with E-state index < -0.39 is 5.97 Å². The predicted octanol–water partition coefficient (Wildman–Crippen LogP) is 2.76. The van der Waals surface area contributed by atoms with Gasteiger partial charge in [-0.25, -0.2) is 0 Å². The molecule has 1 saturated heterocycles. The van der Waals surface area contributed by atoms with Crippen molar-refractivity contribution in [1.82, 2.24) is 9.88 Å². The second kappa shape index (κ2) is 5.67. The number of nitrogens with zero attached hydrogens (tertiary/aromatic N) is 2. The first-order valence-electron chi connectivity index (χ1n) is 5.72. The van der Waals surface area contributed by atoms with Gasteiger partial charge in [0.05, 0.1) is 11.6 Å². The monoisotopic (exact) mass is 376 g/mol. The molecule has 4 nitrogen and oxygen atoms in total. The van der Waals surface area contributed by atoms with Crippen LogP contribution in [-0.4, -0.2) is 34.0 Å². The van der Waals surface area contributed by atoms with E-state index in [-0.39, 0.29) is 11.8 Å². The summed E-state index contributed by atoms with van der Waals surface area (Å²) in [5.41, 5.74) is 0.986. The van der Waals surface area contributed by atoms with Gasteiger partial charge in [-0.3, -0.25) is 14.7 Å². The maximum absolute atomic E-state index is 10.8. The van der Waals surface area contributed by atoms with E-state index in [2.05, 4.69) is 41.7 Å². The highest BCUT2D eigenvalue weighted by Crippen LogP contribution is 2.27. The topological polar surface area (TPSA) is 53.4 Å². The Morgan fingerprint density at radius 2 is 2.28 bits per heavy atom. The minimum absolute atomic E-state index is 0.261. The number of rotatable bonds is 4. The van der Waals surface area contributed by atoms with Crippen LogP contribution in [0.15, 0.2) is 21.2 Å². The minimum atomic E-state index is -0.706. The van der Waals surface area contributed by atoms with Crippen molar-refractivity contribution in [2.75, 3.05) is 13.1 Å². The molecular weight excluding hydrogens is 364 g/mol. The molecule has 98 valence electrons. The Kier molecular flexibility index (Phi) is 4.40. The maximum Gasteiger partial charge on any atom is 0.306 e. The first kappa shape index (κ1) is 14.0. The molecular formula is C12H14Br2N2O2. The summed E-state index contributed by atoms with van der Waals surface area (Å²) < 4.78 is 1.92. The first-order chi connectivity index (χ1) is 8.47. The molecule has 18 heavy (non-hydrogen) atoms. The lowest BCUT2D eigenvalue weighted by Crippen LogP contribution is -2.50. The second-order valence-electron chi connectivity index (χ2n) is 4.66. The average Bonchev–Trinajstić information content (AvgIpc) is 2.24. The largest absolute Gasteiger partial charge is 0.481 e. The summed E-state index contributed by atoms with van der Waals surface area (Å²) >= 11 is 6.85. The normalized spacial score (nSPS) is 18.4. The minimum Gasteiger partial charge on any atom is -0.481 e. The van der Waals surface area contributed by atoms with Crippen molar-refractivity contribution < 1.29 is 9.90 Å². The van der Waals surface area contributed by atoms with Crippen LogP contribution in [0.3, 0.4) is 0 Å². The van der Waals surface area contributed by atoms with E-state index in [0.717, 1.165) is 34.3 Å². The Bertz CT molecular complexity index is 461. The number of pyridine rings is 1. The summed E-state index contributed by atoms with van der Waals surface area (Å²) in [5.74, 6) is -0.707. The molecule has 1 fully saturated rings. The van der Waals surface area contributed by atoms with Crippen molar-refractivity contribution >= 4 is 37.8 Å². The lowest BCUT2D eigenvalue weighted by Gasteiger charge is -2.41. The van der Waals surface area contributed by atoms with Crippen LogP contribution < -0.4 is 0 Å². The number of likely N-dealkylation sites (tertiary alicyclic amines) is 1. The third-order valence-corrected chi connectivity index (χ3v) is 4.46. The molecule has 1 atom stereocenters. The summed E-state index contributed by atoms with van der Waals surface area (Å²) in [6, 6.07) is 1.97. The SMILES string of the molecule is CC(C(=O)O)C1CN(Cc2ncc(Br)cc2Br)C1. The zero-order valence-corrected chi connectivity index (χ0v) is 13.1. The van der Waals surface area contributed by atoms with E-state index in [0.29, 0.717) is 0 Å². The van der Waals surface area contributed by atoms with Crippen LogP contribution in [0.5, 0.6) is 0 Å². The summed E-state index contributed by atoms with van der Waals surface area (Å²) in [4.78, 5) is 17.4. The molecule has 1 aliphatic heterocycles. The molecule has 1 N–H and O–H groups in total. The maximum atomic E-state index is 10.8. The molecule has 1 aliphatic rings. The van der Waals surface area contributed by atoms with E-state index in [9.17, 15) is 4.79 Å². The van der Waals surface area contributed by atoms with Crippen LogP contribution in [0.2, 0.25) is 0 Å². The van der Waals surface area contributed by atoms with E-state index in [1.165, 1.54) is 0 Å². The van der Waals surface area contributed by atoms with Crippen molar-refractivity contribution in [2.24, 2.45) is 11.8 Å². The summed E-state index contributed by atoms with van der Waals surface area (Å²) in [6.45, 7) is 4.20. The van der Waals surface area contributed by atoms with Gasteiger partial charge in [-0.15, -0.1) is 0 Å². The Morgan fingerprint density at radius 3 is 2.83 bits per heavy atom. The number of hydrogen-bond acceptors (Lipinski definition) is 3. The van der Waals surface area contributed by atoms with Crippen LogP contribution >= 0.6 is 31.9 Å². The van der Waals surface area contributed by atoms with Crippen molar-refractivity contribution in [1.29, 1.82) is 0 Å². The molecule has 0 aromatic carbocycles. The first-order valence-corrected chi connectivity index (χ1v) is 7.31. The highest BCUT2D eigenvalue weighted by Gasteiger charge is 2.34. The van der Waals surface area contributed by atoms with Gasteiger partial charge in [0.2, 0.25) is 0 Å². The highest BCUT2D eigenvalue weighted by atomic mass is 79.9. The van der Waals surface area contributed by atoms with Gasteiger partial charge in [-0.1, -0.05) is 6.92 Å². The van der Waals surface area contributed by atoms with Crippen LogP contribution in [-0.2, 0) is 11.3 Å². The van der Waals surface area contributed by atoms with Gasteiger partial charge >= 0.3 is 5.97 Å². The number of carbonyl (C=O) groups is 1. The quantitative estimate of drug-likeness (QED) is 0.876. The van der Waals surface area contributed by atoms with Crippen molar-refractivity contribution in [3.63, 3.8) is 0 Å². The highest BCUT2D eigenvalue weighted by molar-refractivity contribution is 9.11. The van der Waals surface area contributed by atoms with Crippen molar-refractivity contribution in [2.45, 2.75) is 13.5 Å². The van der Waals surface area contributed by atoms with E-state index in [4.69, 9.17) is 5.11 Å². The molecule has 2 rings (SSSR count).